The molecule has 5 nitrogen and oxygen atoms in total. The summed E-state index contributed by atoms with van der Waals surface area (Å²) >= 11 is 0. The fraction of sp³-hybridized carbons (Fsp3) is 0.357. The Labute approximate surface area is 113 Å². The fourth-order valence-corrected chi connectivity index (χ4v) is 1.93. The van der Waals surface area contributed by atoms with E-state index in [1.54, 1.807) is 14.2 Å². The molecule has 0 unspecified atom stereocenters. The highest BCUT2D eigenvalue weighted by Gasteiger charge is 2.04. The molecule has 0 bridgehead atoms. The normalized spacial score (nSPS) is 10.3. The summed E-state index contributed by atoms with van der Waals surface area (Å²) in [6.07, 6.45) is 2.73. The van der Waals surface area contributed by atoms with Crippen LogP contribution in [0.15, 0.2) is 30.5 Å². The van der Waals surface area contributed by atoms with Crippen LogP contribution in [0.25, 0.3) is 0 Å². The van der Waals surface area contributed by atoms with Crippen LogP contribution in [0.2, 0.25) is 0 Å². The molecule has 1 aromatic heterocycles. The molecule has 1 heterocycles. The van der Waals surface area contributed by atoms with Crippen molar-refractivity contribution in [1.29, 1.82) is 0 Å². The van der Waals surface area contributed by atoms with E-state index < -0.39 is 0 Å². The van der Waals surface area contributed by atoms with Gasteiger partial charge in [-0.05, 0) is 18.2 Å². The third-order valence-electron chi connectivity index (χ3n) is 3.02. The molecule has 0 spiro atoms. The van der Waals surface area contributed by atoms with Crippen molar-refractivity contribution < 1.29 is 9.47 Å². The van der Waals surface area contributed by atoms with Crippen LogP contribution in [0.4, 0.5) is 5.69 Å². The zero-order valence-electron chi connectivity index (χ0n) is 11.5. The van der Waals surface area contributed by atoms with Crippen LogP contribution in [-0.4, -0.2) is 30.5 Å². The molecule has 19 heavy (non-hydrogen) atoms. The van der Waals surface area contributed by atoms with Gasteiger partial charge in [0.25, 0.3) is 0 Å². The molecular weight excluding hydrogens is 242 g/mol. The first-order valence-electron chi connectivity index (χ1n) is 6.17. The quantitative estimate of drug-likeness (QED) is 0.865. The van der Waals surface area contributed by atoms with Crippen molar-refractivity contribution in [3.63, 3.8) is 0 Å². The van der Waals surface area contributed by atoms with Crippen molar-refractivity contribution >= 4 is 5.69 Å². The molecule has 102 valence electrons. The molecule has 0 fully saturated rings. The van der Waals surface area contributed by atoms with E-state index in [-0.39, 0.29) is 0 Å². The fourth-order valence-electron chi connectivity index (χ4n) is 1.93. The standard InChI is InChI=1S/C14H19N3O2/c1-17-12(7-9-16-17)6-8-15-11-4-5-13(18-2)14(10-11)19-3/h4-5,7,9-10,15H,6,8H2,1-3H3. The predicted octanol–water partition coefficient (Wildman–Crippen LogP) is 2.09. The van der Waals surface area contributed by atoms with Gasteiger partial charge in [-0.2, -0.15) is 5.10 Å². The maximum absolute atomic E-state index is 5.27. The van der Waals surface area contributed by atoms with E-state index in [1.807, 2.05) is 42.2 Å². The van der Waals surface area contributed by atoms with Crippen LogP contribution in [0.5, 0.6) is 11.5 Å². The maximum atomic E-state index is 5.27. The van der Waals surface area contributed by atoms with Gasteiger partial charge in [0.15, 0.2) is 11.5 Å². The van der Waals surface area contributed by atoms with Crippen molar-refractivity contribution in [1.82, 2.24) is 9.78 Å². The average molecular weight is 261 g/mol. The topological polar surface area (TPSA) is 48.3 Å². The molecule has 1 aromatic carbocycles. The smallest absolute Gasteiger partial charge is 0.162 e. The van der Waals surface area contributed by atoms with Crippen LogP contribution >= 0.6 is 0 Å². The van der Waals surface area contributed by atoms with Gasteiger partial charge < -0.3 is 14.8 Å². The molecule has 0 aliphatic heterocycles. The molecule has 5 heteroatoms. The van der Waals surface area contributed by atoms with E-state index in [9.17, 15) is 0 Å². The highest BCUT2D eigenvalue weighted by molar-refractivity contribution is 5.54. The Kier molecular flexibility index (Phi) is 4.28. The van der Waals surface area contributed by atoms with Gasteiger partial charge in [0, 0.05) is 43.7 Å². The van der Waals surface area contributed by atoms with Crippen LogP contribution in [0.1, 0.15) is 5.69 Å². The molecular formula is C14H19N3O2. The van der Waals surface area contributed by atoms with Crippen molar-refractivity contribution in [2.45, 2.75) is 6.42 Å². The van der Waals surface area contributed by atoms with E-state index >= 15 is 0 Å². The van der Waals surface area contributed by atoms with Gasteiger partial charge in [-0.15, -0.1) is 0 Å². The van der Waals surface area contributed by atoms with E-state index in [4.69, 9.17) is 9.47 Å². The Morgan fingerprint density at radius 1 is 1.16 bits per heavy atom. The Morgan fingerprint density at radius 2 is 1.95 bits per heavy atom. The molecule has 0 atom stereocenters. The summed E-state index contributed by atoms with van der Waals surface area (Å²) in [5, 5.41) is 7.50. The number of rotatable bonds is 6. The van der Waals surface area contributed by atoms with Gasteiger partial charge in [0.2, 0.25) is 0 Å². The summed E-state index contributed by atoms with van der Waals surface area (Å²) < 4.78 is 12.4. The maximum Gasteiger partial charge on any atom is 0.162 e. The van der Waals surface area contributed by atoms with E-state index in [1.165, 1.54) is 5.69 Å². The van der Waals surface area contributed by atoms with E-state index in [0.717, 1.165) is 30.2 Å². The predicted molar refractivity (Wildman–Crippen MR) is 74.9 cm³/mol. The Bertz CT molecular complexity index is 537. The zero-order valence-corrected chi connectivity index (χ0v) is 11.5. The second-order valence-corrected chi connectivity index (χ2v) is 4.19. The van der Waals surface area contributed by atoms with Crippen LogP contribution in [0.3, 0.4) is 0 Å². The summed E-state index contributed by atoms with van der Waals surface area (Å²) in [5.41, 5.74) is 2.22. The van der Waals surface area contributed by atoms with Crippen molar-refractivity contribution in [3.8, 4) is 11.5 Å². The molecule has 0 radical (unpaired) electrons. The van der Waals surface area contributed by atoms with Crippen LogP contribution in [0, 0.1) is 0 Å². The van der Waals surface area contributed by atoms with Gasteiger partial charge in [0.1, 0.15) is 0 Å². The van der Waals surface area contributed by atoms with Crippen molar-refractivity contribution in [2.75, 3.05) is 26.1 Å². The largest absolute Gasteiger partial charge is 0.493 e. The second kappa shape index (κ2) is 6.13. The number of ether oxygens (including phenoxy) is 2. The van der Waals surface area contributed by atoms with Gasteiger partial charge in [-0.1, -0.05) is 0 Å². The first-order chi connectivity index (χ1) is 9.24. The number of hydrogen-bond donors (Lipinski definition) is 1. The summed E-state index contributed by atoms with van der Waals surface area (Å²) in [5.74, 6) is 1.47. The van der Waals surface area contributed by atoms with Crippen LogP contribution in [-0.2, 0) is 13.5 Å². The minimum Gasteiger partial charge on any atom is -0.493 e. The number of benzene rings is 1. The minimum absolute atomic E-state index is 0.730. The molecule has 2 rings (SSSR count). The molecule has 0 aliphatic carbocycles. The molecule has 0 amide bonds. The van der Waals surface area contributed by atoms with Crippen molar-refractivity contribution in [3.05, 3.63) is 36.2 Å². The second-order valence-electron chi connectivity index (χ2n) is 4.19. The number of methoxy groups -OCH3 is 2. The van der Waals surface area contributed by atoms with E-state index in [0.29, 0.717) is 0 Å². The zero-order chi connectivity index (χ0) is 13.7. The third-order valence-corrected chi connectivity index (χ3v) is 3.02. The van der Waals surface area contributed by atoms with Gasteiger partial charge in [-0.25, -0.2) is 0 Å². The van der Waals surface area contributed by atoms with Gasteiger partial charge >= 0.3 is 0 Å². The lowest BCUT2D eigenvalue weighted by molar-refractivity contribution is 0.355. The number of hydrogen-bond acceptors (Lipinski definition) is 4. The number of aryl methyl sites for hydroxylation is 1. The number of anilines is 1. The van der Waals surface area contributed by atoms with E-state index in [2.05, 4.69) is 10.4 Å². The highest BCUT2D eigenvalue weighted by Crippen LogP contribution is 2.29. The summed E-state index contributed by atoms with van der Waals surface area (Å²) in [4.78, 5) is 0. The first kappa shape index (κ1) is 13.3. The summed E-state index contributed by atoms with van der Waals surface area (Å²) in [7, 11) is 5.22. The molecule has 0 aliphatic rings. The number of nitrogens with zero attached hydrogens (tertiary/aromatic N) is 2. The first-order valence-corrected chi connectivity index (χ1v) is 6.17. The molecule has 0 saturated heterocycles. The Morgan fingerprint density at radius 3 is 2.58 bits per heavy atom. The molecule has 2 aromatic rings. The number of aromatic nitrogens is 2. The van der Waals surface area contributed by atoms with Gasteiger partial charge in [-0.3, -0.25) is 4.68 Å². The lowest BCUT2D eigenvalue weighted by Crippen LogP contribution is -2.08. The monoisotopic (exact) mass is 261 g/mol. The Balaban J connectivity index is 1.94. The van der Waals surface area contributed by atoms with Crippen LogP contribution < -0.4 is 14.8 Å². The minimum atomic E-state index is 0.730. The lowest BCUT2D eigenvalue weighted by Gasteiger charge is -2.11. The molecule has 1 N–H and O–H groups in total. The third kappa shape index (κ3) is 3.19. The Hall–Kier alpha value is -2.17. The van der Waals surface area contributed by atoms with Crippen molar-refractivity contribution in [2.24, 2.45) is 7.05 Å². The summed E-state index contributed by atoms with van der Waals surface area (Å²) in [6.45, 7) is 0.842. The average Bonchev–Trinajstić information content (AvgIpc) is 2.84. The highest BCUT2D eigenvalue weighted by atomic mass is 16.5. The molecule has 0 saturated carbocycles. The SMILES string of the molecule is COc1ccc(NCCc2ccnn2C)cc1OC. The summed E-state index contributed by atoms with van der Waals surface area (Å²) in [6, 6.07) is 7.83. The van der Waals surface area contributed by atoms with Gasteiger partial charge in [0.05, 0.1) is 14.2 Å². The lowest BCUT2D eigenvalue weighted by atomic mass is 10.2. The number of nitrogens with one attached hydrogen (secondary N) is 1.